The van der Waals surface area contributed by atoms with Gasteiger partial charge in [0, 0.05) is 18.7 Å². The lowest BCUT2D eigenvalue weighted by atomic mass is 10.1. The molecule has 2 rings (SSSR count). The van der Waals surface area contributed by atoms with Crippen LogP contribution in [0.4, 0.5) is 5.69 Å². The molecule has 1 heterocycles. The number of hydrogen-bond donors (Lipinski definition) is 2. The fourth-order valence-corrected chi connectivity index (χ4v) is 2.42. The van der Waals surface area contributed by atoms with E-state index < -0.39 is 5.97 Å². The third-order valence-corrected chi connectivity index (χ3v) is 3.51. The zero-order valence-electron chi connectivity index (χ0n) is 10.9. The molecular weight excluding hydrogens is 282 g/mol. The van der Waals surface area contributed by atoms with Crippen molar-refractivity contribution in [1.82, 2.24) is 0 Å². The number of anilines is 1. The first kappa shape index (κ1) is 14.8. The number of halogens is 1. The van der Waals surface area contributed by atoms with Crippen LogP contribution in [-0.2, 0) is 9.53 Å². The summed E-state index contributed by atoms with van der Waals surface area (Å²) in [4.78, 5) is 22.6. The number of carboxylic acids is 1. The van der Waals surface area contributed by atoms with Crippen LogP contribution in [0.5, 0.6) is 0 Å². The molecule has 0 aromatic heterocycles. The lowest BCUT2D eigenvalue weighted by Crippen LogP contribution is -2.15. The Labute approximate surface area is 121 Å². The van der Waals surface area contributed by atoms with E-state index in [1.54, 1.807) is 0 Å². The summed E-state index contributed by atoms with van der Waals surface area (Å²) in [5.74, 6) is -1.22. The highest BCUT2D eigenvalue weighted by atomic mass is 35.5. The van der Waals surface area contributed by atoms with Crippen LogP contribution in [0, 0.1) is 0 Å². The number of amides is 1. The number of aromatic carboxylic acids is 1. The van der Waals surface area contributed by atoms with E-state index in [1.807, 2.05) is 0 Å². The summed E-state index contributed by atoms with van der Waals surface area (Å²) in [6, 6.07) is 4.34. The zero-order chi connectivity index (χ0) is 14.5. The smallest absolute Gasteiger partial charge is 0.337 e. The van der Waals surface area contributed by atoms with Gasteiger partial charge in [0.15, 0.2) is 0 Å². The van der Waals surface area contributed by atoms with Gasteiger partial charge in [0.25, 0.3) is 0 Å². The molecule has 1 saturated heterocycles. The number of benzene rings is 1. The Morgan fingerprint density at radius 1 is 1.45 bits per heavy atom. The number of rotatable bonds is 5. The molecule has 1 fully saturated rings. The molecule has 0 spiro atoms. The van der Waals surface area contributed by atoms with E-state index in [2.05, 4.69) is 5.32 Å². The number of carbonyl (C=O) groups is 2. The summed E-state index contributed by atoms with van der Waals surface area (Å²) in [7, 11) is 0. The van der Waals surface area contributed by atoms with Crippen molar-refractivity contribution in [1.29, 1.82) is 0 Å². The van der Waals surface area contributed by atoms with Gasteiger partial charge in [-0.2, -0.15) is 0 Å². The van der Waals surface area contributed by atoms with Gasteiger partial charge >= 0.3 is 5.97 Å². The zero-order valence-corrected chi connectivity index (χ0v) is 11.7. The van der Waals surface area contributed by atoms with Gasteiger partial charge in [-0.05, 0) is 37.5 Å². The maximum atomic E-state index is 11.8. The second kappa shape index (κ2) is 6.72. The highest BCUT2D eigenvalue weighted by Crippen LogP contribution is 2.22. The van der Waals surface area contributed by atoms with Gasteiger partial charge < -0.3 is 15.2 Å². The normalized spacial score (nSPS) is 17.9. The summed E-state index contributed by atoms with van der Waals surface area (Å²) in [5, 5.41) is 11.7. The molecule has 6 heteroatoms. The molecular formula is C14H16ClNO4. The lowest BCUT2D eigenvalue weighted by molar-refractivity contribution is -0.116. The summed E-state index contributed by atoms with van der Waals surface area (Å²) in [6.45, 7) is 0.776. The molecule has 1 atom stereocenters. The number of hydrogen-bond acceptors (Lipinski definition) is 3. The van der Waals surface area contributed by atoms with E-state index in [9.17, 15) is 9.59 Å². The van der Waals surface area contributed by atoms with Crippen molar-refractivity contribution in [2.75, 3.05) is 11.9 Å². The molecule has 20 heavy (non-hydrogen) atoms. The summed E-state index contributed by atoms with van der Waals surface area (Å²) < 4.78 is 5.45. The topological polar surface area (TPSA) is 75.6 Å². The first-order chi connectivity index (χ1) is 9.56. The molecule has 108 valence electrons. The van der Waals surface area contributed by atoms with Crippen molar-refractivity contribution in [3.05, 3.63) is 28.8 Å². The van der Waals surface area contributed by atoms with E-state index in [0.717, 1.165) is 19.4 Å². The van der Waals surface area contributed by atoms with Crippen molar-refractivity contribution in [3.63, 3.8) is 0 Å². The standard InChI is InChI=1S/C14H16ClNO4/c15-12-8-9(3-5-11(12)14(18)19)16-13(17)6-4-10-2-1-7-20-10/h3,5,8,10H,1-2,4,6-7H2,(H,16,17)(H,18,19). The number of nitrogens with one attached hydrogen (secondary N) is 1. The molecule has 0 radical (unpaired) electrons. The summed E-state index contributed by atoms with van der Waals surface area (Å²) >= 11 is 5.84. The second-order valence-electron chi connectivity index (χ2n) is 4.72. The highest BCUT2D eigenvalue weighted by molar-refractivity contribution is 6.33. The number of carboxylic acid groups (broad SMARTS) is 1. The first-order valence-corrected chi connectivity index (χ1v) is 6.88. The molecule has 1 aromatic carbocycles. The van der Waals surface area contributed by atoms with Crippen LogP contribution in [0.25, 0.3) is 0 Å². The number of carbonyl (C=O) groups excluding carboxylic acids is 1. The van der Waals surface area contributed by atoms with E-state index in [-0.39, 0.29) is 22.6 Å². The maximum Gasteiger partial charge on any atom is 0.337 e. The minimum Gasteiger partial charge on any atom is -0.478 e. The van der Waals surface area contributed by atoms with Crippen molar-refractivity contribution < 1.29 is 19.4 Å². The van der Waals surface area contributed by atoms with Crippen LogP contribution >= 0.6 is 11.6 Å². The Bertz CT molecular complexity index is 512. The molecule has 1 aliphatic rings. The lowest BCUT2D eigenvalue weighted by Gasteiger charge is -2.10. The van der Waals surface area contributed by atoms with Crippen LogP contribution in [-0.4, -0.2) is 29.7 Å². The van der Waals surface area contributed by atoms with Crippen molar-refractivity contribution in [3.8, 4) is 0 Å². The van der Waals surface area contributed by atoms with Crippen LogP contribution in [0.2, 0.25) is 5.02 Å². The quantitative estimate of drug-likeness (QED) is 0.876. The van der Waals surface area contributed by atoms with Crippen LogP contribution in [0.15, 0.2) is 18.2 Å². The predicted molar refractivity (Wildman–Crippen MR) is 75.2 cm³/mol. The SMILES string of the molecule is O=C(CCC1CCCO1)Nc1ccc(C(=O)O)c(Cl)c1. The minimum atomic E-state index is -1.09. The van der Waals surface area contributed by atoms with Gasteiger partial charge in [0.2, 0.25) is 5.91 Å². The largest absolute Gasteiger partial charge is 0.478 e. The van der Waals surface area contributed by atoms with Gasteiger partial charge in [-0.3, -0.25) is 4.79 Å². The third kappa shape index (κ3) is 3.95. The molecule has 1 aliphatic heterocycles. The first-order valence-electron chi connectivity index (χ1n) is 6.50. The van der Waals surface area contributed by atoms with E-state index in [4.69, 9.17) is 21.4 Å². The Balaban J connectivity index is 1.87. The van der Waals surface area contributed by atoms with Crippen molar-refractivity contribution in [2.45, 2.75) is 31.8 Å². The average molecular weight is 298 g/mol. The third-order valence-electron chi connectivity index (χ3n) is 3.20. The van der Waals surface area contributed by atoms with E-state index in [0.29, 0.717) is 18.5 Å². The molecule has 1 unspecified atom stereocenters. The average Bonchev–Trinajstić information content (AvgIpc) is 2.89. The minimum absolute atomic E-state index is 0.0176. The maximum absolute atomic E-state index is 11.8. The van der Waals surface area contributed by atoms with Gasteiger partial charge in [0.1, 0.15) is 0 Å². The fraction of sp³-hybridized carbons (Fsp3) is 0.429. The van der Waals surface area contributed by atoms with Crippen LogP contribution in [0.1, 0.15) is 36.0 Å². The van der Waals surface area contributed by atoms with Gasteiger partial charge in [-0.25, -0.2) is 4.79 Å². The van der Waals surface area contributed by atoms with Gasteiger partial charge in [-0.15, -0.1) is 0 Å². The molecule has 0 bridgehead atoms. The Hall–Kier alpha value is -1.59. The Kier molecular flexibility index (Phi) is 4.98. The fourth-order valence-electron chi connectivity index (χ4n) is 2.15. The van der Waals surface area contributed by atoms with Crippen molar-refractivity contribution >= 4 is 29.2 Å². The predicted octanol–water partition coefficient (Wildman–Crippen LogP) is 2.94. The van der Waals surface area contributed by atoms with Gasteiger partial charge in [0.05, 0.1) is 16.7 Å². The summed E-state index contributed by atoms with van der Waals surface area (Å²) in [5.41, 5.74) is 0.515. The molecule has 2 N–H and O–H groups in total. The second-order valence-corrected chi connectivity index (χ2v) is 5.13. The van der Waals surface area contributed by atoms with Crippen LogP contribution < -0.4 is 5.32 Å². The van der Waals surface area contributed by atoms with Crippen molar-refractivity contribution in [2.24, 2.45) is 0 Å². The van der Waals surface area contributed by atoms with E-state index in [1.165, 1.54) is 18.2 Å². The van der Waals surface area contributed by atoms with Crippen LogP contribution in [0.3, 0.4) is 0 Å². The van der Waals surface area contributed by atoms with Gasteiger partial charge in [-0.1, -0.05) is 11.6 Å². The Morgan fingerprint density at radius 3 is 2.85 bits per heavy atom. The molecule has 1 aromatic rings. The molecule has 5 nitrogen and oxygen atoms in total. The monoisotopic (exact) mass is 297 g/mol. The van der Waals surface area contributed by atoms with E-state index >= 15 is 0 Å². The molecule has 1 amide bonds. The molecule has 0 aliphatic carbocycles. The summed E-state index contributed by atoms with van der Waals surface area (Å²) in [6.07, 6.45) is 3.32. The number of ether oxygens (including phenoxy) is 1. The Morgan fingerprint density at radius 2 is 2.25 bits per heavy atom. The highest BCUT2D eigenvalue weighted by Gasteiger charge is 2.17. The molecule has 0 saturated carbocycles.